The van der Waals surface area contributed by atoms with Crippen LogP contribution in [0.25, 0.3) is 0 Å². The van der Waals surface area contributed by atoms with Crippen LogP contribution < -0.4 is 4.74 Å². The molecule has 0 aromatic heterocycles. The summed E-state index contributed by atoms with van der Waals surface area (Å²) in [5.41, 5.74) is 2.72. The normalized spacial score (nSPS) is 29.1. The molecule has 1 fully saturated rings. The van der Waals surface area contributed by atoms with Gasteiger partial charge in [0.15, 0.2) is 0 Å². The number of rotatable bonds is 3. The number of carbonyl (C=O) groups is 1. The van der Waals surface area contributed by atoms with Gasteiger partial charge in [0.1, 0.15) is 5.75 Å². The molecule has 0 amide bonds. The number of nitrogens with zero attached hydrogens (tertiary/aromatic N) is 1. The molecule has 1 aliphatic carbocycles. The Morgan fingerprint density at radius 1 is 1.38 bits per heavy atom. The lowest BCUT2D eigenvalue weighted by molar-refractivity contribution is -0.142. The monoisotopic (exact) mass is 289 g/mol. The molecule has 3 unspecified atom stereocenters. The van der Waals surface area contributed by atoms with Gasteiger partial charge in [-0.2, -0.15) is 0 Å². The number of fused-ring (bicyclic) bond motifs is 1. The Kier molecular flexibility index (Phi) is 3.89. The van der Waals surface area contributed by atoms with Crippen molar-refractivity contribution >= 4 is 5.97 Å². The molecule has 4 heteroatoms. The van der Waals surface area contributed by atoms with Gasteiger partial charge in [-0.15, -0.1) is 0 Å². The van der Waals surface area contributed by atoms with E-state index in [0.29, 0.717) is 12.6 Å². The van der Waals surface area contributed by atoms with Crippen LogP contribution in [0, 0.1) is 11.8 Å². The fraction of sp³-hybridized carbons (Fsp3) is 0.588. The molecule has 0 saturated carbocycles. The van der Waals surface area contributed by atoms with Gasteiger partial charge in [0.25, 0.3) is 0 Å². The van der Waals surface area contributed by atoms with Crippen LogP contribution in [-0.2, 0) is 11.2 Å². The summed E-state index contributed by atoms with van der Waals surface area (Å²) in [4.78, 5) is 13.7. The zero-order valence-electron chi connectivity index (χ0n) is 12.7. The van der Waals surface area contributed by atoms with Crippen molar-refractivity contribution in [1.82, 2.24) is 4.90 Å². The van der Waals surface area contributed by atoms with Crippen molar-refractivity contribution in [3.8, 4) is 5.75 Å². The Morgan fingerprint density at radius 2 is 2.19 bits per heavy atom. The summed E-state index contributed by atoms with van der Waals surface area (Å²) in [6.07, 6.45) is 3.38. The molecule has 4 nitrogen and oxygen atoms in total. The smallest absolute Gasteiger partial charge is 0.308 e. The van der Waals surface area contributed by atoms with Gasteiger partial charge in [-0.3, -0.25) is 9.69 Å². The fourth-order valence-corrected chi connectivity index (χ4v) is 3.85. The van der Waals surface area contributed by atoms with Crippen LogP contribution in [0.5, 0.6) is 5.75 Å². The van der Waals surface area contributed by atoms with Gasteiger partial charge in [-0.1, -0.05) is 13.0 Å². The molecule has 1 heterocycles. The lowest BCUT2D eigenvalue weighted by Crippen LogP contribution is -2.30. The van der Waals surface area contributed by atoms with E-state index in [1.54, 1.807) is 7.11 Å². The molecular formula is C17H23NO3. The SMILES string of the molecule is COc1ccc2c(c1)CCCC2N1CC(C)C(C(=O)O)C1. The molecule has 3 rings (SSSR count). The molecule has 114 valence electrons. The number of methoxy groups -OCH3 is 1. The summed E-state index contributed by atoms with van der Waals surface area (Å²) >= 11 is 0. The third-order valence-electron chi connectivity index (χ3n) is 5.03. The Morgan fingerprint density at radius 3 is 2.86 bits per heavy atom. The van der Waals surface area contributed by atoms with Crippen LogP contribution >= 0.6 is 0 Å². The quantitative estimate of drug-likeness (QED) is 0.929. The first kappa shape index (κ1) is 14.4. The van der Waals surface area contributed by atoms with Crippen molar-refractivity contribution in [2.24, 2.45) is 11.8 Å². The van der Waals surface area contributed by atoms with Crippen LogP contribution in [0.15, 0.2) is 18.2 Å². The van der Waals surface area contributed by atoms with Gasteiger partial charge >= 0.3 is 5.97 Å². The summed E-state index contributed by atoms with van der Waals surface area (Å²) in [7, 11) is 1.70. The van der Waals surface area contributed by atoms with Crippen LogP contribution in [0.3, 0.4) is 0 Å². The Bertz CT molecular complexity index is 543. The number of hydrogen-bond acceptors (Lipinski definition) is 3. The summed E-state index contributed by atoms with van der Waals surface area (Å²) < 4.78 is 5.32. The summed E-state index contributed by atoms with van der Waals surface area (Å²) in [5.74, 6) is 0.253. The van der Waals surface area contributed by atoms with Gasteiger partial charge in [-0.05, 0) is 48.4 Å². The van der Waals surface area contributed by atoms with Crippen molar-refractivity contribution in [3.63, 3.8) is 0 Å². The van der Waals surface area contributed by atoms with E-state index in [1.807, 2.05) is 6.07 Å². The van der Waals surface area contributed by atoms with E-state index in [4.69, 9.17) is 4.74 Å². The number of carboxylic acids is 1. The standard InChI is InChI=1S/C17H23NO3/c1-11-9-18(10-15(11)17(19)20)16-5-3-4-12-8-13(21-2)6-7-14(12)16/h6-8,11,15-16H,3-5,9-10H2,1-2H3,(H,19,20). The molecule has 0 spiro atoms. The van der Waals surface area contributed by atoms with Crippen molar-refractivity contribution in [2.45, 2.75) is 32.2 Å². The Hall–Kier alpha value is -1.55. The van der Waals surface area contributed by atoms with Gasteiger partial charge in [-0.25, -0.2) is 0 Å². The van der Waals surface area contributed by atoms with E-state index >= 15 is 0 Å². The summed E-state index contributed by atoms with van der Waals surface area (Å²) in [6.45, 7) is 3.61. The Labute approximate surface area is 125 Å². The van der Waals surface area contributed by atoms with E-state index in [0.717, 1.165) is 31.6 Å². The average Bonchev–Trinajstić information content (AvgIpc) is 2.88. The zero-order valence-corrected chi connectivity index (χ0v) is 12.7. The molecular weight excluding hydrogens is 266 g/mol. The molecule has 21 heavy (non-hydrogen) atoms. The number of carboxylic acid groups (broad SMARTS) is 1. The third kappa shape index (κ3) is 2.64. The van der Waals surface area contributed by atoms with E-state index < -0.39 is 5.97 Å². The zero-order chi connectivity index (χ0) is 15.0. The van der Waals surface area contributed by atoms with Gasteiger partial charge in [0.05, 0.1) is 13.0 Å². The first-order chi connectivity index (χ1) is 10.1. The molecule has 1 aromatic carbocycles. The predicted octanol–water partition coefficient (Wildman–Crippen LogP) is 2.73. The van der Waals surface area contributed by atoms with Crippen LogP contribution in [0.2, 0.25) is 0 Å². The highest BCUT2D eigenvalue weighted by Gasteiger charge is 2.39. The van der Waals surface area contributed by atoms with Crippen molar-refractivity contribution in [3.05, 3.63) is 29.3 Å². The van der Waals surface area contributed by atoms with E-state index in [9.17, 15) is 9.90 Å². The number of ether oxygens (including phenoxy) is 1. The minimum Gasteiger partial charge on any atom is -0.497 e. The van der Waals surface area contributed by atoms with Crippen molar-refractivity contribution < 1.29 is 14.6 Å². The number of aryl methyl sites for hydroxylation is 1. The highest BCUT2D eigenvalue weighted by molar-refractivity contribution is 5.71. The Balaban J connectivity index is 1.84. The van der Waals surface area contributed by atoms with E-state index in [1.165, 1.54) is 11.1 Å². The average molecular weight is 289 g/mol. The lowest BCUT2D eigenvalue weighted by Gasteiger charge is -2.33. The number of hydrogen-bond donors (Lipinski definition) is 1. The second kappa shape index (κ2) is 5.68. The van der Waals surface area contributed by atoms with Crippen LogP contribution in [0.4, 0.5) is 0 Å². The molecule has 0 radical (unpaired) electrons. The number of likely N-dealkylation sites (tertiary alicyclic amines) is 1. The number of aliphatic carboxylic acids is 1. The molecule has 1 N–H and O–H groups in total. The maximum Gasteiger partial charge on any atom is 0.308 e. The molecule has 1 saturated heterocycles. The van der Waals surface area contributed by atoms with E-state index in [2.05, 4.69) is 24.0 Å². The van der Waals surface area contributed by atoms with Crippen LogP contribution in [-0.4, -0.2) is 36.2 Å². The van der Waals surface area contributed by atoms with Crippen molar-refractivity contribution in [2.75, 3.05) is 20.2 Å². The van der Waals surface area contributed by atoms with Gasteiger partial charge in [0, 0.05) is 19.1 Å². The van der Waals surface area contributed by atoms with Crippen molar-refractivity contribution in [1.29, 1.82) is 0 Å². The maximum atomic E-state index is 11.3. The molecule has 2 aliphatic rings. The second-order valence-electron chi connectivity index (χ2n) is 6.35. The fourth-order valence-electron chi connectivity index (χ4n) is 3.85. The minimum atomic E-state index is -0.657. The number of benzene rings is 1. The van der Waals surface area contributed by atoms with Gasteiger partial charge in [0.2, 0.25) is 0 Å². The maximum absolute atomic E-state index is 11.3. The third-order valence-corrected chi connectivity index (χ3v) is 5.03. The molecule has 0 bridgehead atoms. The summed E-state index contributed by atoms with van der Waals surface area (Å²) in [5, 5.41) is 9.32. The molecule has 1 aromatic rings. The van der Waals surface area contributed by atoms with Crippen LogP contribution in [0.1, 0.15) is 36.9 Å². The lowest BCUT2D eigenvalue weighted by atomic mass is 9.86. The largest absolute Gasteiger partial charge is 0.497 e. The predicted molar refractivity (Wildman–Crippen MR) is 80.5 cm³/mol. The first-order valence-corrected chi connectivity index (χ1v) is 7.74. The highest BCUT2D eigenvalue weighted by Crippen LogP contribution is 2.39. The highest BCUT2D eigenvalue weighted by atomic mass is 16.5. The minimum absolute atomic E-state index is 0.228. The second-order valence-corrected chi connectivity index (χ2v) is 6.35. The molecule has 3 atom stereocenters. The summed E-state index contributed by atoms with van der Waals surface area (Å²) in [6, 6.07) is 6.68. The van der Waals surface area contributed by atoms with E-state index in [-0.39, 0.29) is 11.8 Å². The molecule has 1 aliphatic heterocycles. The topological polar surface area (TPSA) is 49.8 Å². The first-order valence-electron chi connectivity index (χ1n) is 7.74. The van der Waals surface area contributed by atoms with Gasteiger partial charge < -0.3 is 9.84 Å².